The Bertz CT molecular complexity index is 328. The number of nitrogens with zero attached hydrogens (tertiary/aromatic N) is 2. The van der Waals surface area contributed by atoms with Gasteiger partial charge in [-0.25, -0.2) is 0 Å². The molecule has 2 aliphatic rings. The van der Waals surface area contributed by atoms with Crippen molar-refractivity contribution in [2.45, 2.75) is 65.0 Å². The van der Waals surface area contributed by atoms with E-state index in [4.69, 9.17) is 5.73 Å². The quantitative estimate of drug-likeness (QED) is 0.844. The molecule has 1 aliphatic heterocycles. The molecule has 2 N–H and O–H groups in total. The van der Waals surface area contributed by atoms with Crippen LogP contribution in [0, 0.1) is 11.3 Å². The predicted molar refractivity (Wildman–Crippen MR) is 86.9 cm³/mol. The van der Waals surface area contributed by atoms with Gasteiger partial charge in [-0.1, -0.05) is 20.8 Å². The van der Waals surface area contributed by atoms with Crippen LogP contribution in [0.15, 0.2) is 0 Å². The predicted octanol–water partition coefficient (Wildman–Crippen LogP) is 2.56. The Balaban J connectivity index is 2.21. The first-order valence-electron chi connectivity index (χ1n) is 8.46. The van der Waals surface area contributed by atoms with Crippen LogP contribution in [0.4, 0.5) is 0 Å². The molecular formula is C17H35N3. The Morgan fingerprint density at radius 2 is 1.85 bits per heavy atom. The van der Waals surface area contributed by atoms with E-state index in [1.165, 1.54) is 45.3 Å². The molecule has 3 heteroatoms. The zero-order valence-electron chi connectivity index (χ0n) is 14.3. The summed E-state index contributed by atoms with van der Waals surface area (Å²) in [4.78, 5) is 5.25. The Morgan fingerprint density at radius 1 is 1.15 bits per heavy atom. The van der Waals surface area contributed by atoms with E-state index in [2.05, 4.69) is 44.5 Å². The topological polar surface area (TPSA) is 32.5 Å². The van der Waals surface area contributed by atoms with Crippen molar-refractivity contribution in [3.8, 4) is 0 Å². The van der Waals surface area contributed by atoms with Crippen LogP contribution in [0.3, 0.4) is 0 Å². The molecule has 1 saturated heterocycles. The van der Waals surface area contributed by atoms with Gasteiger partial charge >= 0.3 is 0 Å². The Hall–Kier alpha value is -0.120. The number of hydrogen-bond donors (Lipinski definition) is 1. The molecule has 0 aromatic heterocycles. The summed E-state index contributed by atoms with van der Waals surface area (Å²) in [6.45, 7) is 14.1. The third-order valence-electron chi connectivity index (χ3n) is 5.98. The molecule has 0 aromatic rings. The lowest BCUT2D eigenvalue weighted by molar-refractivity contribution is -0.0409. The van der Waals surface area contributed by atoms with E-state index in [1.54, 1.807) is 0 Å². The van der Waals surface area contributed by atoms with Crippen LogP contribution in [0.2, 0.25) is 0 Å². The third-order valence-corrected chi connectivity index (χ3v) is 5.98. The standard InChI is InChI=1S/C17H35N3/c1-14-11-16(3,4)7-8-17(14,13-18)20-10-6-9-19(5)12-15(20)2/h14-15H,6-13,18H2,1-5H3. The van der Waals surface area contributed by atoms with Crippen molar-refractivity contribution < 1.29 is 0 Å². The minimum Gasteiger partial charge on any atom is -0.329 e. The van der Waals surface area contributed by atoms with Crippen LogP contribution in [0.5, 0.6) is 0 Å². The molecule has 2 fully saturated rings. The van der Waals surface area contributed by atoms with Gasteiger partial charge in [0.05, 0.1) is 0 Å². The van der Waals surface area contributed by atoms with E-state index in [-0.39, 0.29) is 5.54 Å². The molecule has 118 valence electrons. The number of rotatable bonds is 2. The number of nitrogens with two attached hydrogens (primary N) is 1. The lowest BCUT2D eigenvalue weighted by atomic mass is 9.63. The van der Waals surface area contributed by atoms with E-state index in [1.807, 2.05) is 0 Å². The van der Waals surface area contributed by atoms with Crippen LogP contribution >= 0.6 is 0 Å². The molecule has 0 aromatic carbocycles. The summed E-state index contributed by atoms with van der Waals surface area (Å²) in [5.74, 6) is 0.696. The van der Waals surface area contributed by atoms with Crippen molar-refractivity contribution in [3.05, 3.63) is 0 Å². The van der Waals surface area contributed by atoms with Gasteiger partial charge in [-0.15, -0.1) is 0 Å². The highest BCUT2D eigenvalue weighted by atomic mass is 15.3. The smallest absolute Gasteiger partial charge is 0.0360 e. The van der Waals surface area contributed by atoms with Gasteiger partial charge in [0.2, 0.25) is 0 Å². The van der Waals surface area contributed by atoms with Gasteiger partial charge in [0.15, 0.2) is 0 Å². The average molecular weight is 281 g/mol. The Kier molecular flexibility index (Phi) is 4.83. The Morgan fingerprint density at radius 3 is 2.45 bits per heavy atom. The molecule has 0 amide bonds. The summed E-state index contributed by atoms with van der Waals surface area (Å²) in [7, 11) is 2.25. The largest absolute Gasteiger partial charge is 0.329 e. The van der Waals surface area contributed by atoms with Gasteiger partial charge in [0.25, 0.3) is 0 Å². The molecule has 1 aliphatic carbocycles. The van der Waals surface area contributed by atoms with Crippen molar-refractivity contribution in [3.63, 3.8) is 0 Å². The van der Waals surface area contributed by atoms with E-state index < -0.39 is 0 Å². The van der Waals surface area contributed by atoms with Crippen LogP contribution in [0.1, 0.15) is 53.4 Å². The first-order chi connectivity index (χ1) is 9.31. The number of hydrogen-bond acceptors (Lipinski definition) is 3. The fraction of sp³-hybridized carbons (Fsp3) is 1.00. The van der Waals surface area contributed by atoms with Crippen molar-refractivity contribution >= 4 is 0 Å². The number of likely N-dealkylation sites (N-methyl/N-ethyl adjacent to an activating group) is 1. The summed E-state index contributed by atoms with van der Waals surface area (Å²) in [6, 6.07) is 0.620. The molecule has 20 heavy (non-hydrogen) atoms. The van der Waals surface area contributed by atoms with Gasteiger partial charge < -0.3 is 10.6 Å². The van der Waals surface area contributed by atoms with Crippen molar-refractivity contribution in [1.29, 1.82) is 0 Å². The summed E-state index contributed by atoms with van der Waals surface area (Å²) in [5.41, 5.74) is 7.07. The molecule has 3 nitrogen and oxygen atoms in total. The first kappa shape index (κ1) is 16.3. The first-order valence-corrected chi connectivity index (χ1v) is 8.46. The maximum atomic E-state index is 6.34. The zero-order valence-corrected chi connectivity index (χ0v) is 14.3. The summed E-state index contributed by atoms with van der Waals surface area (Å²) >= 11 is 0. The van der Waals surface area contributed by atoms with Crippen LogP contribution in [-0.2, 0) is 0 Å². The maximum Gasteiger partial charge on any atom is 0.0360 e. The SMILES string of the molecule is CC1CN(C)CCCN1C1(CN)CCC(C)(C)CC1C. The monoisotopic (exact) mass is 281 g/mol. The van der Waals surface area contributed by atoms with Gasteiger partial charge in [0, 0.05) is 31.2 Å². The molecule has 1 saturated carbocycles. The minimum absolute atomic E-state index is 0.236. The average Bonchev–Trinajstić information content (AvgIpc) is 2.51. The molecular weight excluding hydrogens is 246 g/mol. The summed E-state index contributed by atoms with van der Waals surface area (Å²) in [6.07, 6.45) is 5.17. The molecule has 0 radical (unpaired) electrons. The second-order valence-electron chi connectivity index (χ2n) is 8.24. The molecule has 0 spiro atoms. The lowest BCUT2D eigenvalue weighted by Gasteiger charge is -2.55. The highest BCUT2D eigenvalue weighted by Crippen LogP contribution is 2.47. The Labute approximate surface area is 125 Å². The second-order valence-corrected chi connectivity index (χ2v) is 8.24. The highest BCUT2D eigenvalue weighted by Gasteiger charge is 2.48. The summed E-state index contributed by atoms with van der Waals surface area (Å²) < 4.78 is 0. The van der Waals surface area contributed by atoms with Crippen LogP contribution < -0.4 is 5.73 Å². The highest BCUT2D eigenvalue weighted by molar-refractivity contribution is 5.04. The fourth-order valence-electron chi connectivity index (χ4n) is 4.80. The second kappa shape index (κ2) is 5.94. The molecule has 0 bridgehead atoms. The molecule has 1 heterocycles. The van der Waals surface area contributed by atoms with Gasteiger partial charge in [0.1, 0.15) is 0 Å². The van der Waals surface area contributed by atoms with E-state index in [9.17, 15) is 0 Å². The van der Waals surface area contributed by atoms with Crippen molar-refractivity contribution in [2.75, 3.05) is 33.2 Å². The van der Waals surface area contributed by atoms with Gasteiger partial charge in [-0.05, 0) is 57.5 Å². The minimum atomic E-state index is 0.236. The molecule has 2 rings (SSSR count). The van der Waals surface area contributed by atoms with Gasteiger partial charge in [-0.2, -0.15) is 0 Å². The zero-order chi connectivity index (χ0) is 15.0. The maximum absolute atomic E-state index is 6.34. The fourth-order valence-corrected chi connectivity index (χ4v) is 4.80. The third kappa shape index (κ3) is 3.05. The summed E-state index contributed by atoms with van der Waals surface area (Å²) in [5, 5.41) is 0. The van der Waals surface area contributed by atoms with Crippen molar-refractivity contribution in [1.82, 2.24) is 9.80 Å². The molecule has 3 unspecified atom stereocenters. The van der Waals surface area contributed by atoms with Gasteiger partial charge in [-0.3, -0.25) is 4.90 Å². The van der Waals surface area contributed by atoms with E-state index in [0.29, 0.717) is 17.4 Å². The molecule has 3 atom stereocenters. The van der Waals surface area contributed by atoms with E-state index >= 15 is 0 Å². The normalized spacial score (nSPS) is 40.5. The van der Waals surface area contributed by atoms with Crippen LogP contribution in [0.25, 0.3) is 0 Å². The van der Waals surface area contributed by atoms with Crippen molar-refractivity contribution in [2.24, 2.45) is 17.1 Å². The lowest BCUT2D eigenvalue weighted by Crippen LogP contribution is -2.64. The van der Waals surface area contributed by atoms with E-state index in [0.717, 1.165) is 6.54 Å². The van der Waals surface area contributed by atoms with Crippen LogP contribution in [-0.4, -0.2) is 54.6 Å².